The topological polar surface area (TPSA) is 76.2 Å². The first-order chi connectivity index (χ1) is 9.04. The van der Waals surface area contributed by atoms with Gasteiger partial charge in [-0.05, 0) is 25.0 Å². The van der Waals surface area contributed by atoms with E-state index in [0.29, 0.717) is 18.2 Å². The van der Waals surface area contributed by atoms with E-state index in [1.807, 2.05) is 38.1 Å². The fourth-order valence-electron chi connectivity index (χ4n) is 1.90. The summed E-state index contributed by atoms with van der Waals surface area (Å²) in [4.78, 5) is 10.6. The molecule has 2 aromatic rings. The molecule has 0 spiro atoms. The number of carbonyl (C=O) groups is 1. The number of hydrogen-bond acceptors (Lipinski definition) is 4. The molecule has 2 rings (SSSR count). The summed E-state index contributed by atoms with van der Waals surface area (Å²) in [5.41, 5.74) is 2.00. The minimum atomic E-state index is -0.814. The molecule has 0 bridgehead atoms. The number of aryl methyl sites for hydroxylation is 1. The Morgan fingerprint density at radius 2 is 2.21 bits per heavy atom. The van der Waals surface area contributed by atoms with Gasteiger partial charge in [0.2, 0.25) is 11.8 Å². The molecule has 0 saturated heterocycles. The molecular formula is C14H16N2O3. The third-order valence-electron chi connectivity index (χ3n) is 2.78. The highest BCUT2D eigenvalue weighted by atomic mass is 16.4. The first-order valence-electron chi connectivity index (χ1n) is 6.16. The summed E-state index contributed by atoms with van der Waals surface area (Å²) in [6.45, 7) is 3.85. The van der Waals surface area contributed by atoms with E-state index in [4.69, 9.17) is 9.52 Å². The van der Waals surface area contributed by atoms with Crippen molar-refractivity contribution in [3.05, 3.63) is 35.7 Å². The number of aromatic nitrogens is 2. The lowest BCUT2D eigenvalue weighted by Gasteiger charge is -2.03. The Morgan fingerprint density at radius 3 is 2.89 bits per heavy atom. The second kappa shape index (κ2) is 5.65. The molecule has 100 valence electrons. The minimum absolute atomic E-state index is 0.0247. The van der Waals surface area contributed by atoms with Crippen molar-refractivity contribution in [3.8, 4) is 11.5 Å². The van der Waals surface area contributed by atoms with Crippen LogP contribution in [0.5, 0.6) is 0 Å². The van der Waals surface area contributed by atoms with Crippen molar-refractivity contribution in [2.45, 2.75) is 26.7 Å². The second-order valence-corrected chi connectivity index (χ2v) is 4.78. The summed E-state index contributed by atoms with van der Waals surface area (Å²) in [6, 6.07) is 7.81. The Labute approximate surface area is 111 Å². The van der Waals surface area contributed by atoms with Crippen molar-refractivity contribution in [3.63, 3.8) is 0 Å². The SMILES string of the molecule is Cc1cccc(-c2nnc(CC(C)CC(=O)O)o2)c1. The lowest BCUT2D eigenvalue weighted by Crippen LogP contribution is -2.07. The van der Waals surface area contributed by atoms with Gasteiger partial charge < -0.3 is 9.52 Å². The van der Waals surface area contributed by atoms with E-state index in [1.165, 1.54) is 0 Å². The summed E-state index contributed by atoms with van der Waals surface area (Å²) >= 11 is 0. The number of benzene rings is 1. The third-order valence-corrected chi connectivity index (χ3v) is 2.78. The highest BCUT2D eigenvalue weighted by Gasteiger charge is 2.14. The zero-order valence-corrected chi connectivity index (χ0v) is 11.0. The lowest BCUT2D eigenvalue weighted by atomic mass is 10.0. The van der Waals surface area contributed by atoms with E-state index < -0.39 is 5.97 Å². The van der Waals surface area contributed by atoms with E-state index in [2.05, 4.69) is 10.2 Å². The molecule has 5 heteroatoms. The molecule has 0 fully saturated rings. The van der Waals surface area contributed by atoms with Gasteiger partial charge in [-0.15, -0.1) is 10.2 Å². The first-order valence-corrected chi connectivity index (χ1v) is 6.16. The minimum Gasteiger partial charge on any atom is -0.481 e. The number of hydrogen-bond donors (Lipinski definition) is 1. The van der Waals surface area contributed by atoms with Crippen molar-refractivity contribution >= 4 is 5.97 Å². The molecule has 1 aromatic heterocycles. The maximum atomic E-state index is 10.6. The second-order valence-electron chi connectivity index (χ2n) is 4.78. The van der Waals surface area contributed by atoms with Crippen molar-refractivity contribution in [1.82, 2.24) is 10.2 Å². The summed E-state index contributed by atoms with van der Waals surface area (Å²) in [6.07, 6.45) is 0.577. The number of carboxylic acids is 1. The average Bonchev–Trinajstić information content (AvgIpc) is 2.76. The Hall–Kier alpha value is -2.17. The summed E-state index contributed by atoms with van der Waals surface area (Å²) in [5, 5.41) is 16.7. The van der Waals surface area contributed by atoms with Crippen LogP contribution in [0.25, 0.3) is 11.5 Å². The summed E-state index contributed by atoms with van der Waals surface area (Å²) in [7, 11) is 0. The van der Waals surface area contributed by atoms with E-state index in [1.54, 1.807) is 0 Å². The molecule has 19 heavy (non-hydrogen) atoms. The van der Waals surface area contributed by atoms with Crippen LogP contribution < -0.4 is 0 Å². The molecule has 0 saturated carbocycles. The molecule has 1 unspecified atom stereocenters. The quantitative estimate of drug-likeness (QED) is 0.894. The Morgan fingerprint density at radius 1 is 1.42 bits per heavy atom. The Bertz CT molecular complexity index is 578. The van der Waals surface area contributed by atoms with Crippen LogP contribution in [-0.4, -0.2) is 21.3 Å². The molecule has 0 radical (unpaired) electrons. The van der Waals surface area contributed by atoms with Crippen LogP contribution >= 0.6 is 0 Å². The molecule has 0 aliphatic carbocycles. The predicted molar refractivity (Wildman–Crippen MR) is 69.6 cm³/mol. The maximum absolute atomic E-state index is 10.6. The van der Waals surface area contributed by atoms with Crippen molar-refractivity contribution < 1.29 is 14.3 Å². The third kappa shape index (κ3) is 3.64. The van der Waals surface area contributed by atoms with Gasteiger partial charge in [-0.2, -0.15) is 0 Å². The van der Waals surface area contributed by atoms with Crippen LogP contribution in [0.4, 0.5) is 0 Å². The van der Waals surface area contributed by atoms with Crippen molar-refractivity contribution in [2.24, 2.45) is 5.92 Å². The van der Waals surface area contributed by atoms with E-state index in [9.17, 15) is 4.79 Å². The van der Waals surface area contributed by atoms with Gasteiger partial charge in [0, 0.05) is 18.4 Å². The number of aliphatic carboxylic acids is 1. The van der Waals surface area contributed by atoms with E-state index in [-0.39, 0.29) is 12.3 Å². The van der Waals surface area contributed by atoms with E-state index in [0.717, 1.165) is 11.1 Å². The standard InChI is InChI=1S/C14H16N2O3/c1-9-4-3-5-11(6-9)14-16-15-12(19-14)7-10(2)8-13(17)18/h3-6,10H,7-8H2,1-2H3,(H,17,18). The zero-order valence-electron chi connectivity index (χ0n) is 11.0. The Kier molecular flexibility index (Phi) is 3.94. The van der Waals surface area contributed by atoms with Crippen LogP contribution in [0.3, 0.4) is 0 Å². The van der Waals surface area contributed by atoms with Gasteiger partial charge >= 0.3 is 5.97 Å². The van der Waals surface area contributed by atoms with Gasteiger partial charge in [-0.1, -0.05) is 24.6 Å². The molecule has 1 N–H and O–H groups in total. The molecule has 0 aliphatic rings. The number of carboxylic acid groups (broad SMARTS) is 1. The molecule has 1 aromatic carbocycles. The van der Waals surface area contributed by atoms with Gasteiger partial charge in [-0.3, -0.25) is 4.79 Å². The molecule has 1 atom stereocenters. The predicted octanol–water partition coefficient (Wildman–Crippen LogP) is 2.70. The van der Waals surface area contributed by atoms with Crippen molar-refractivity contribution in [2.75, 3.05) is 0 Å². The van der Waals surface area contributed by atoms with Crippen LogP contribution in [0.1, 0.15) is 24.8 Å². The van der Waals surface area contributed by atoms with Gasteiger partial charge in [-0.25, -0.2) is 0 Å². The number of rotatable bonds is 5. The van der Waals surface area contributed by atoms with Crippen LogP contribution in [0.15, 0.2) is 28.7 Å². The van der Waals surface area contributed by atoms with Gasteiger partial charge in [0.05, 0.1) is 0 Å². The van der Waals surface area contributed by atoms with Crippen LogP contribution in [0.2, 0.25) is 0 Å². The first kappa shape index (κ1) is 13.3. The summed E-state index contributed by atoms with van der Waals surface area (Å²) in [5.74, 6) is 0.112. The Balaban J connectivity index is 2.09. The fraction of sp³-hybridized carbons (Fsp3) is 0.357. The normalized spacial score (nSPS) is 12.3. The monoisotopic (exact) mass is 260 g/mol. The fourth-order valence-corrected chi connectivity index (χ4v) is 1.90. The summed E-state index contributed by atoms with van der Waals surface area (Å²) < 4.78 is 5.56. The molecule has 5 nitrogen and oxygen atoms in total. The average molecular weight is 260 g/mol. The van der Waals surface area contributed by atoms with Crippen molar-refractivity contribution in [1.29, 1.82) is 0 Å². The number of nitrogens with zero attached hydrogens (tertiary/aromatic N) is 2. The van der Waals surface area contributed by atoms with Gasteiger partial charge in [0.15, 0.2) is 0 Å². The van der Waals surface area contributed by atoms with E-state index >= 15 is 0 Å². The van der Waals surface area contributed by atoms with Gasteiger partial charge in [0.25, 0.3) is 0 Å². The molecule has 1 heterocycles. The molecule has 0 amide bonds. The molecular weight excluding hydrogens is 244 g/mol. The largest absolute Gasteiger partial charge is 0.481 e. The lowest BCUT2D eigenvalue weighted by molar-refractivity contribution is -0.137. The molecule has 0 aliphatic heterocycles. The smallest absolute Gasteiger partial charge is 0.303 e. The maximum Gasteiger partial charge on any atom is 0.303 e. The highest BCUT2D eigenvalue weighted by molar-refractivity contribution is 5.66. The van der Waals surface area contributed by atoms with Crippen LogP contribution in [0, 0.1) is 12.8 Å². The van der Waals surface area contributed by atoms with Crippen LogP contribution in [-0.2, 0) is 11.2 Å². The highest BCUT2D eigenvalue weighted by Crippen LogP contribution is 2.20. The zero-order chi connectivity index (χ0) is 13.8. The van der Waals surface area contributed by atoms with Gasteiger partial charge in [0.1, 0.15) is 0 Å².